The van der Waals surface area contributed by atoms with Gasteiger partial charge in [0.1, 0.15) is 0 Å². The molecule has 27 heavy (non-hydrogen) atoms. The highest BCUT2D eigenvalue weighted by Gasteiger charge is 2.18. The fourth-order valence-electron chi connectivity index (χ4n) is 3.40. The van der Waals surface area contributed by atoms with Crippen LogP contribution in [0, 0.1) is 34.6 Å². The van der Waals surface area contributed by atoms with Crippen molar-refractivity contribution in [1.82, 2.24) is 0 Å². The summed E-state index contributed by atoms with van der Waals surface area (Å²) in [6.07, 6.45) is 1.10. The van der Waals surface area contributed by atoms with Crippen LogP contribution in [0.1, 0.15) is 38.9 Å². The zero-order valence-electron chi connectivity index (χ0n) is 16.6. The zero-order chi connectivity index (χ0) is 19.3. The van der Waals surface area contributed by atoms with Crippen LogP contribution in [-0.4, -0.2) is 0 Å². The summed E-state index contributed by atoms with van der Waals surface area (Å²) in [5.41, 5.74) is 5.68. The van der Waals surface area contributed by atoms with Crippen molar-refractivity contribution in [2.45, 2.75) is 48.0 Å². The number of hydrogen-bond donors (Lipinski definition) is 0. The van der Waals surface area contributed by atoms with E-state index < -0.39 is 0 Å². The molecule has 4 aromatic heterocycles. The molecule has 0 spiro atoms. The van der Waals surface area contributed by atoms with Gasteiger partial charge in [0.2, 0.25) is 0 Å². The fraction of sp³-hybridized carbons (Fsp3) is 0.304. The highest BCUT2D eigenvalue weighted by atomic mass is 32.1. The highest BCUT2D eigenvalue weighted by Crippen LogP contribution is 2.47. The lowest BCUT2D eigenvalue weighted by Crippen LogP contribution is -1.76. The summed E-state index contributed by atoms with van der Waals surface area (Å²) in [4.78, 5) is 11.4. The predicted molar refractivity (Wildman–Crippen MR) is 127 cm³/mol. The average Bonchev–Trinajstić information content (AvgIpc) is 3.35. The Morgan fingerprint density at radius 1 is 0.593 bits per heavy atom. The van der Waals surface area contributed by atoms with E-state index in [-0.39, 0.29) is 0 Å². The van der Waals surface area contributed by atoms with Crippen LogP contribution in [0.5, 0.6) is 0 Å². The molecule has 0 radical (unpaired) electrons. The van der Waals surface area contributed by atoms with E-state index in [0.717, 1.165) is 6.42 Å². The minimum Gasteiger partial charge on any atom is -0.139 e. The summed E-state index contributed by atoms with van der Waals surface area (Å²) in [6.45, 7) is 13.4. The first-order valence-corrected chi connectivity index (χ1v) is 12.5. The quantitative estimate of drug-likeness (QED) is 0.304. The van der Waals surface area contributed by atoms with Gasteiger partial charge in [-0.2, -0.15) is 0 Å². The molecule has 0 aromatic carbocycles. The van der Waals surface area contributed by atoms with Crippen molar-refractivity contribution in [3.8, 4) is 29.3 Å². The van der Waals surface area contributed by atoms with Gasteiger partial charge in [-0.1, -0.05) is 6.92 Å². The van der Waals surface area contributed by atoms with Crippen LogP contribution in [0.25, 0.3) is 29.3 Å². The van der Waals surface area contributed by atoms with E-state index in [0.29, 0.717) is 0 Å². The van der Waals surface area contributed by atoms with Gasteiger partial charge >= 0.3 is 0 Å². The lowest BCUT2D eigenvalue weighted by atomic mass is 10.1. The highest BCUT2D eigenvalue weighted by molar-refractivity contribution is 7.28. The molecule has 0 saturated carbocycles. The van der Waals surface area contributed by atoms with Gasteiger partial charge in [-0.3, -0.25) is 0 Å². The molecule has 0 saturated heterocycles. The van der Waals surface area contributed by atoms with E-state index in [9.17, 15) is 0 Å². The minimum absolute atomic E-state index is 1.10. The lowest BCUT2D eigenvalue weighted by molar-refractivity contribution is 1.15. The standard InChI is InChI=1S/C23H24S4/c1-7-17-11-15(5)24-23(17)20-10-14(4)22(27-20)19-9-13(3)21(26-19)18-8-12(2)16(6)25-18/h8-11H,7H2,1-6H3. The molecule has 4 heterocycles. The maximum absolute atomic E-state index is 2.39. The second-order valence-corrected chi connectivity index (χ2v) is 11.8. The average molecular weight is 429 g/mol. The number of hydrogen-bond acceptors (Lipinski definition) is 4. The number of aryl methyl sites for hydroxylation is 6. The normalized spacial score (nSPS) is 11.5. The van der Waals surface area contributed by atoms with Crippen molar-refractivity contribution < 1.29 is 0 Å². The molecule has 4 heteroatoms. The smallest absolute Gasteiger partial charge is 0.0479 e. The molecule has 0 nitrogen and oxygen atoms in total. The Hall–Kier alpha value is -1.20. The molecule has 0 bridgehead atoms. The lowest BCUT2D eigenvalue weighted by Gasteiger charge is -1.97. The first-order chi connectivity index (χ1) is 12.9. The van der Waals surface area contributed by atoms with Crippen LogP contribution in [0.15, 0.2) is 24.3 Å². The Kier molecular flexibility index (Phi) is 5.19. The van der Waals surface area contributed by atoms with Crippen molar-refractivity contribution in [3.63, 3.8) is 0 Å². The Labute approximate surface area is 178 Å². The maximum atomic E-state index is 2.39. The second kappa shape index (κ2) is 7.32. The van der Waals surface area contributed by atoms with Crippen molar-refractivity contribution in [3.05, 3.63) is 56.3 Å². The summed E-state index contributed by atoms with van der Waals surface area (Å²) in [6, 6.07) is 9.47. The summed E-state index contributed by atoms with van der Waals surface area (Å²) in [5, 5.41) is 0. The molecular formula is C23H24S4. The van der Waals surface area contributed by atoms with E-state index in [1.165, 1.54) is 61.3 Å². The number of thiophene rings is 4. The molecule has 4 rings (SSSR count). The van der Waals surface area contributed by atoms with E-state index in [2.05, 4.69) is 65.8 Å². The monoisotopic (exact) mass is 428 g/mol. The van der Waals surface area contributed by atoms with E-state index in [1.807, 2.05) is 45.3 Å². The largest absolute Gasteiger partial charge is 0.139 e. The molecule has 0 aliphatic heterocycles. The van der Waals surface area contributed by atoms with Gasteiger partial charge in [-0.15, -0.1) is 45.3 Å². The topological polar surface area (TPSA) is 0 Å². The van der Waals surface area contributed by atoms with Gasteiger partial charge in [0.15, 0.2) is 0 Å². The van der Waals surface area contributed by atoms with Gasteiger partial charge < -0.3 is 0 Å². The van der Waals surface area contributed by atoms with Crippen molar-refractivity contribution in [2.24, 2.45) is 0 Å². The van der Waals surface area contributed by atoms with Gasteiger partial charge in [0.05, 0.1) is 0 Å². The Bertz CT molecular complexity index is 1090. The van der Waals surface area contributed by atoms with Crippen molar-refractivity contribution >= 4 is 45.3 Å². The van der Waals surface area contributed by atoms with Crippen LogP contribution in [0.3, 0.4) is 0 Å². The first-order valence-electron chi connectivity index (χ1n) is 9.25. The van der Waals surface area contributed by atoms with Crippen LogP contribution in [0.4, 0.5) is 0 Å². The van der Waals surface area contributed by atoms with Crippen molar-refractivity contribution in [2.75, 3.05) is 0 Å². The maximum Gasteiger partial charge on any atom is 0.0479 e. The third kappa shape index (κ3) is 3.49. The van der Waals surface area contributed by atoms with Crippen LogP contribution in [-0.2, 0) is 6.42 Å². The van der Waals surface area contributed by atoms with Crippen molar-refractivity contribution in [1.29, 1.82) is 0 Å². The molecule has 0 fully saturated rings. The molecule has 4 aromatic rings. The van der Waals surface area contributed by atoms with Gasteiger partial charge in [-0.25, -0.2) is 0 Å². The second-order valence-electron chi connectivity index (χ2n) is 7.16. The molecule has 0 aliphatic rings. The predicted octanol–water partition coefficient (Wildman–Crippen LogP) is 9.04. The Morgan fingerprint density at radius 3 is 1.63 bits per heavy atom. The van der Waals surface area contributed by atoms with Crippen LogP contribution >= 0.6 is 45.3 Å². The molecular weight excluding hydrogens is 405 g/mol. The molecule has 0 aliphatic carbocycles. The first kappa shape index (κ1) is 19.1. The number of rotatable bonds is 4. The van der Waals surface area contributed by atoms with Crippen LogP contribution in [0.2, 0.25) is 0 Å². The summed E-state index contributed by atoms with van der Waals surface area (Å²) < 4.78 is 0. The van der Waals surface area contributed by atoms with E-state index in [4.69, 9.17) is 0 Å². The van der Waals surface area contributed by atoms with E-state index >= 15 is 0 Å². The molecule has 0 atom stereocenters. The van der Waals surface area contributed by atoms with Gasteiger partial charge in [0, 0.05) is 39.0 Å². The van der Waals surface area contributed by atoms with Gasteiger partial charge in [-0.05, 0) is 87.6 Å². The summed E-state index contributed by atoms with van der Waals surface area (Å²) in [7, 11) is 0. The summed E-state index contributed by atoms with van der Waals surface area (Å²) in [5.74, 6) is 0. The minimum atomic E-state index is 1.10. The SMILES string of the molecule is CCc1cc(C)sc1-c1cc(C)c(-c2cc(C)c(-c3cc(C)c(C)s3)s2)s1. The van der Waals surface area contributed by atoms with E-state index in [1.54, 1.807) is 0 Å². The summed E-state index contributed by atoms with van der Waals surface area (Å²) >= 11 is 7.76. The Balaban J connectivity index is 1.77. The third-order valence-electron chi connectivity index (χ3n) is 4.99. The Morgan fingerprint density at radius 2 is 1.11 bits per heavy atom. The molecule has 0 amide bonds. The molecule has 140 valence electrons. The van der Waals surface area contributed by atoms with Gasteiger partial charge in [0.25, 0.3) is 0 Å². The fourth-order valence-corrected chi connectivity index (χ4v) is 8.35. The molecule has 0 unspecified atom stereocenters. The molecule has 0 N–H and O–H groups in total. The van der Waals surface area contributed by atoms with Crippen LogP contribution < -0.4 is 0 Å². The third-order valence-corrected chi connectivity index (χ3v) is 10.2. The zero-order valence-corrected chi connectivity index (χ0v) is 19.9.